The van der Waals surface area contributed by atoms with E-state index in [2.05, 4.69) is 5.32 Å². The van der Waals surface area contributed by atoms with Crippen molar-refractivity contribution in [1.82, 2.24) is 10.2 Å². The Balaban J connectivity index is 1.96. The second-order valence-electron chi connectivity index (χ2n) is 6.65. The summed E-state index contributed by atoms with van der Waals surface area (Å²) >= 11 is 0. The van der Waals surface area contributed by atoms with Gasteiger partial charge in [0, 0.05) is 19.5 Å². The molecule has 1 heterocycles. The van der Waals surface area contributed by atoms with Crippen LogP contribution in [0.15, 0.2) is 0 Å². The van der Waals surface area contributed by atoms with Crippen LogP contribution in [-0.4, -0.2) is 54.2 Å². The molecule has 2 atom stereocenters. The number of amides is 2. The molecular weight excluding hydrogens is 325 g/mol. The van der Waals surface area contributed by atoms with Crippen molar-refractivity contribution in [1.29, 1.82) is 0 Å². The molecule has 2 amide bonds. The molecule has 2 aliphatic rings. The molecule has 0 aromatic rings. The first-order chi connectivity index (χ1) is 11.3. The molecule has 2 rings (SSSR count). The molecule has 2 fully saturated rings. The predicted octanol–water partition coefficient (Wildman–Crippen LogP) is 2.39. The van der Waals surface area contributed by atoms with Crippen molar-refractivity contribution in [2.24, 2.45) is 0 Å². The van der Waals surface area contributed by atoms with Crippen molar-refractivity contribution in [2.75, 3.05) is 13.2 Å². The molecule has 0 spiro atoms. The second-order valence-corrected chi connectivity index (χ2v) is 6.65. The van der Waals surface area contributed by atoms with Crippen molar-refractivity contribution in [3.05, 3.63) is 0 Å². The molecule has 1 aliphatic carbocycles. The maximum absolute atomic E-state index is 13.2. The van der Waals surface area contributed by atoms with Gasteiger partial charge in [-0.05, 0) is 25.7 Å². The van der Waals surface area contributed by atoms with E-state index >= 15 is 0 Å². The van der Waals surface area contributed by atoms with Gasteiger partial charge in [-0.2, -0.15) is 13.2 Å². The Kier molecular flexibility index (Phi) is 6.48. The fraction of sp³-hybridized carbons (Fsp3) is 0.875. The van der Waals surface area contributed by atoms with Crippen LogP contribution in [0.25, 0.3) is 0 Å². The molecule has 0 aromatic carbocycles. The zero-order valence-corrected chi connectivity index (χ0v) is 13.9. The zero-order valence-electron chi connectivity index (χ0n) is 13.9. The van der Waals surface area contributed by atoms with Gasteiger partial charge in [0.05, 0.1) is 6.10 Å². The summed E-state index contributed by atoms with van der Waals surface area (Å²) in [6.45, 7) is 0.856. The van der Waals surface area contributed by atoms with Gasteiger partial charge in [0.15, 0.2) is 0 Å². The van der Waals surface area contributed by atoms with Crippen LogP contribution in [0.1, 0.15) is 51.9 Å². The quantitative estimate of drug-likeness (QED) is 0.847. The van der Waals surface area contributed by atoms with Crippen molar-refractivity contribution >= 4 is 11.8 Å². The number of likely N-dealkylation sites (tertiary alicyclic amines) is 1. The molecule has 1 N–H and O–H groups in total. The molecule has 138 valence electrons. The number of nitrogens with one attached hydrogen (secondary N) is 1. The average molecular weight is 350 g/mol. The minimum absolute atomic E-state index is 0.0389. The summed E-state index contributed by atoms with van der Waals surface area (Å²) < 4.78 is 45.2. The highest BCUT2D eigenvalue weighted by atomic mass is 19.4. The van der Waals surface area contributed by atoms with Gasteiger partial charge in [-0.25, -0.2) is 0 Å². The van der Waals surface area contributed by atoms with E-state index in [-0.39, 0.29) is 38.0 Å². The lowest BCUT2D eigenvalue weighted by Gasteiger charge is -2.40. The number of nitrogens with zero attached hydrogens (tertiary/aromatic N) is 1. The fourth-order valence-electron chi connectivity index (χ4n) is 3.50. The number of carbonyl (C=O) groups is 2. The predicted molar refractivity (Wildman–Crippen MR) is 81.2 cm³/mol. The third-order valence-electron chi connectivity index (χ3n) is 4.68. The Morgan fingerprint density at radius 3 is 2.38 bits per heavy atom. The van der Waals surface area contributed by atoms with Gasteiger partial charge < -0.3 is 15.0 Å². The van der Waals surface area contributed by atoms with Crippen molar-refractivity contribution in [3.63, 3.8) is 0 Å². The Hall–Kier alpha value is -1.31. The molecule has 1 saturated carbocycles. The molecule has 8 heteroatoms. The minimum Gasteiger partial charge on any atom is -0.368 e. The number of piperidine rings is 1. The summed E-state index contributed by atoms with van der Waals surface area (Å²) in [4.78, 5) is 24.3. The van der Waals surface area contributed by atoms with Crippen LogP contribution >= 0.6 is 0 Å². The molecular formula is C16H25F3N2O3. The summed E-state index contributed by atoms with van der Waals surface area (Å²) in [5.41, 5.74) is 0. The maximum Gasteiger partial charge on any atom is 0.408 e. The third kappa shape index (κ3) is 5.36. The summed E-state index contributed by atoms with van der Waals surface area (Å²) in [5.74, 6) is -0.964. The molecule has 1 aliphatic heterocycles. The van der Waals surface area contributed by atoms with Gasteiger partial charge in [0.2, 0.25) is 11.8 Å². The Labute approximate surface area is 139 Å². The van der Waals surface area contributed by atoms with E-state index in [1.807, 2.05) is 0 Å². The van der Waals surface area contributed by atoms with Crippen LogP contribution in [0, 0.1) is 0 Å². The fourth-order valence-corrected chi connectivity index (χ4v) is 3.50. The van der Waals surface area contributed by atoms with Gasteiger partial charge in [0.25, 0.3) is 0 Å². The van der Waals surface area contributed by atoms with Crippen molar-refractivity contribution in [3.8, 4) is 0 Å². The standard InChI is InChI=1S/C16H25F3N2O3/c1-11(22)20-12-7-8-14(16(17,18)19)21(9-12)15(23)10-24-13-5-3-2-4-6-13/h12-14H,2-10H2,1H3,(H,20,22)/t12-,14+/m1/s1. The van der Waals surface area contributed by atoms with Crippen LogP contribution in [0.2, 0.25) is 0 Å². The van der Waals surface area contributed by atoms with Crippen molar-refractivity contribution in [2.45, 2.75) is 76.2 Å². The minimum atomic E-state index is -4.47. The van der Waals surface area contributed by atoms with Crippen molar-refractivity contribution < 1.29 is 27.5 Å². The SMILES string of the molecule is CC(=O)N[C@@H]1CC[C@@H](C(F)(F)F)N(C(=O)COC2CCCCC2)C1. The molecule has 24 heavy (non-hydrogen) atoms. The number of alkyl halides is 3. The largest absolute Gasteiger partial charge is 0.408 e. The number of hydrogen-bond donors (Lipinski definition) is 1. The lowest BCUT2D eigenvalue weighted by Crippen LogP contribution is -2.58. The van der Waals surface area contributed by atoms with Crippen LogP contribution in [-0.2, 0) is 14.3 Å². The van der Waals surface area contributed by atoms with E-state index in [0.29, 0.717) is 0 Å². The van der Waals surface area contributed by atoms with Gasteiger partial charge >= 0.3 is 6.18 Å². The van der Waals surface area contributed by atoms with Crippen LogP contribution in [0.5, 0.6) is 0 Å². The Morgan fingerprint density at radius 1 is 1.12 bits per heavy atom. The summed E-state index contributed by atoms with van der Waals surface area (Å²) in [5, 5.41) is 2.60. The summed E-state index contributed by atoms with van der Waals surface area (Å²) in [6, 6.07) is -2.25. The molecule has 5 nitrogen and oxygen atoms in total. The lowest BCUT2D eigenvalue weighted by atomic mass is 9.97. The number of ether oxygens (including phenoxy) is 1. The lowest BCUT2D eigenvalue weighted by molar-refractivity contribution is -0.199. The van der Waals surface area contributed by atoms with Gasteiger partial charge in [0.1, 0.15) is 12.6 Å². The van der Waals surface area contributed by atoms with Gasteiger partial charge in [-0.1, -0.05) is 19.3 Å². The van der Waals surface area contributed by atoms with Gasteiger partial charge in [-0.15, -0.1) is 0 Å². The highest BCUT2D eigenvalue weighted by Gasteiger charge is 2.48. The summed E-state index contributed by atoms with van der Waals surface area (Å²) in [6.07, 6.45) is 0.380. The molecule has 0 bridgehead atoms. The van der Waals surface area contributed by atoms with Crippen LogP contribution < -0.4 is 5.32 Å². The Bertz CT molecular complexity index is 450. The van der Waals surface area contributed by atoms with E-state index in [9.17, 15) is 22.8 Å². The van der Waals surface area contributed by atoms with E-state index in [1.54, 1.807) is 0 Å². The summed E-state index contributed by atoms with van der Waals surface area (Å²) in [7, 11) is 0. The molecule has 0 aromatic heterocycles. The first-order valence-corrected chi connectivity index (χ1v) is 8.52. The first kappa shape index (κ1) is 19.0. The maximum atomic E-state index is 13.2. The number of hydrogen-bond acceptors (Lipinski definition) is 3. The topological polar surface area (TPSA) is 58.6 Å². The first-order valence-electron chi connectivity index (χ1n) is 8.52. The van der Waals surface area contributed by atoms with E-state index < -0.39 is 24.2 Å². The molecule has 1 saturated heterocycles. The highest BCUT2D eigenvalue weighted by molar-refractivity contribution is 5.78. The third-order valence-corrected chi connectivity index (χ3v) is 4.68. The second kappa shape index (κ2) is 8.18. The monoisotopic (exact) mass is 350 g/mol. The number of halogens is 3. The van der Waals surface area contributed by atoms with Crippen LogP contribution in [0.3, 0.4) is 0 Å². The van der Waals surface area contributed by atoms with E-state index in [4.69, 9.17) is 4.74 Å². The normalized spacial score (nSPS) is 26.2. The van der Waals surface area contributed by atoms with E-state index in [1.165, 1.54) is 6.92 Å². The number of carbonyl (C=O) groups excluding carboxylic acids is 2. The smallest absolute Gasteiger partial charge is 0.368 e. The van der Waals surface area contributed by atoms with E-state index in [0.717, 1.165) is 37.0 Å². The number of rotatable bonds is 4. The highest BCUT2D eigenvalue weighted by Crippen LogP contribution is 2.32. The van der Waals surface area contributed by atoms with Crippen LogP contribution in [0.4, 0.5) is 13.2 Å². The Morgan fingerprint density at radius 2 is 1.79 bits per heavy atom. The molecule has 0 radical (unpaired) electrons. The van der Waals surface area contributed by atoms with Gasteiger partial charge in [-0.3, -0.25) is 9.59 Å². The average Bonchev–Trinajstić information content (AvgIpc) is 2.52. The molecule has 0 unspecified atom stereocenters. The zero-order chi connectivity index (χ0) is 17.7.